The molecule has 0 aliphatic carbocycles. The van der Waals surface area contributed by atoms with E-state index in [1.165, 1.54) is 0 Å². The van der Waals surface area contributed by atoms with Crippen LogP contribution in [0.5, 0.6) is 0 Å². The summed E-state index contributed by atoms with van der Waals surface area (Å²) < 4.78 is 6.43. The highest BCUT2D eigenvalue weighted by Crippen LogP contribution is 2.40. The van der Waals surface area contributed by atoms with Crippen molar-refractivity contribution in [3.8, 4) is 0 Å². The Bertz CT molecular complexity index is 1400. The zero-order chi connectivity index (χ0) is 25.6. The lowest BCUT2D eigenvalue weighted by Crippen LogP contribution is -2.37. The van der Waals surface area contributed by atoms with E-state index in [0.717, 1.165) is 60.1 Å². The van der Waals surface area contributed by atoms with Crippen molar-refractivity contribution in [1.29, 1.82) is 0 Å². The molecule has 2 amide bonds. The van der Waals surface area contributed by atoms with Crippen LogP contribution < -0.4 is 21.0 Å². The van der Waals surface area contributed by atoms with E-state index >= 15 is 0 Å². The fourth-order valence-corrected chi connectivity index (χ4v) is 5.83. The van der Waals surface area contributed by atoms with Crippen LogP contribution in [-0.2, 0) is 4.79 Å². The molecule has 3 heterocycles. The summed E-state index contributed by atoms with van der Waals surface area (Å²) in [5, 5.41) is 5.49. The normalized spacial score (nSPS) is 20.4. The molecule has 188 valence electrons. The molecule has 1 aromatic heterocycles. The SMILES string of the molecule is Cc1cc(C(C)Nc2ccccc2[C@H]2SC(=O)NC2=O)c2oc(N3CCC(C)(C)CC3)cc(=O)c2c1. The Hall–Kier alpha value is -3.26. The number of hydrogen-bond acceptors (Lipinski definition) is 7. The zero-order valence-electron chi connectivity index (χ0n) is 21.0. The lowest BCUT2D eigenvalue weighted by atomic mass is 9.83. The van der Waals surface area contributed by atoms with Gasteiger partial charge in [-0.1, -0.05) is 38.1 Å². The number of hydrogen-bond donors (Lipinski definition) is 2. The van der Waals surface area contributed by atoms with Gasteiger partial charge in [0.2, 0.25) is 5.91 Å². The minimum Gasteiger partial charge on any atom is -0.440 e. The number of anilines is 2. The molecule has 36 heavy (non-hydrogen) atoms. The molecule has 2 aliphatic heterocycles. The Labute approximate surface area is 214 Å². The van der Waals surface area contributed by atoms with Crippen LogP contribution in [-0.4, -0.2) is 24.2 Å². The molecule has 2 saturated heterocycles. The Morgan fingerprint density at radius 2 is 1.83 bits per heavy atom. The second kappa shape index (κ2) is 9.32. The van der Waals surface area contributed by atoms with Crippen molar-refractivity contribution in [2.24, 2.45) is 5.41 Å². The van der Waals surface area contributed by atoms with E-state index in [0.29, 0.717) is 22.3 Å². The quantitative estimate of drug-likeness (QED) is 0.444. The van der Waals surface area contributed by atoms with Crippen LogP contribution in [0.3, 0.4) is 0 Å². The van der Waals surface area contributed by atoms with Crippen molar-refractivity contribution >= 4 is 45.4 Å². The highest BCUT2D eigenvalue weighted by atomic mass is 32.2. The molecule has 2 aromatic carbocycles. The van der Waals surface area contributed by atoms with Crippen molar-refractivity contribution in [2.45, 2.75) is 51.8 Å². The summed E-state index contributed by atoms with van der Waals surface area (Å²) in [6, 6.07) is 12.8. The standard InChI is InChI=1S/C28H31N3O4S/c1-16-13-19(17(2)29-21-8-6-5-7-18(21)25-26(33)30-27(34)36-25)24-20(14-16)22(32)15-23(35-24)31-11-9-28(3,4)10-12-31/h5-8,13-15,17,25,29H,9-12H2,1-4H3,(H,30,33,34)/t17?,25-/m1/s1. The zero-order valence-corrected chi connectivity index (χ0v) is 21.8. The number of rotatable bonds is 5. The minimum atomic E-state index is -0.601. The third kappa shape index (κ3) is 4.74. The molecule has 3 aromatic rings. The van der Waals surface area contributed by atoms with Gasteiger partial charge in [0.05, 0.1) is 11.4 Å². The smallest absolute Gasteiger partial charge is 0.286 e. The first kappa shape index (κ1) is 24.4. The van der Waals surface area contributed by atoms with Gasteiger partial charge >= 0.3 is 0 Å². The van der Waals surface area contributed by atoms with Gasteiger partial charge < -0.3 is 14.6 Å². The molecule has 0 radical (unpaired) electrons. The highest BCUT2D eigenvalue weighted by molar-refractivity contribution is 8.15. The van der Waals surface area contributed by atoms with Crippen molar-refractivity contribution < 1.29 is 14.0 Å². The summed E-state index contributed by atoms with van der Waals surface area (Å²) in [6.45, 7) is 10.2. The molecule has 0 saturated carbocycles. The molecule has 2 aliphatic rings. The molecule has 5 rings (SSSR count). The number of piperidine rings is 1. The summed E-state index contributed by atoms with van der Waals surface area (Å²) in [5.74, 6) is 0.298. The maximum absolute atomic E-state index is 13.2. The average Bonchev–Trinajstić information content (AvgIpc) is 3.16. The van der Waals surface area contributed by atoms with E-state index in [1.807, 2.05) is 50.2 Å². The van der Waals surface area contributed by atoms with Gasteiger partial charge in [0.1, 0.15) is 10.8 Å². The average molecular weight is 506 g/mol. The van der Waals surface area contributed by atoms with Gasteiger partial charge in [0, 0.05) is 30.4 Å². The predicted molar refractivity (Wildman–Crippen MR) is 145 cm³/mol. The van der Waals surface area contributed by atoms with E-state index in [4.69, 9.17) is 4.42 Å². The van der Waals surface area contributed by atoms with Gasteiger partial charge in [-0.05, 0) is 67.1 Å². The number of fused-ring (bicyclic) bond motifs is 1. The monoisotopic (exact) mass is 505 g/mol. The molecule has 8 heteroatoms. The van der Waals surface area contributed by atoms with Crippen LogP contribution in [0.15, 0.2) is 51.7 Å². The van der Waals surface area contributed by atoms with Crippen molar-refractivity contribution in [3.05, 3.63) is 69.4 Å². The fraction of sp³-hybridized carbons (Fsp3) is 0.393. The number of carbonyl (C=O) groups is 2. The van der Waals surface area contributed by atoms with Crippen molar-refractivity contribution in [2.75, 3.05) is 23.3 Å². The summed E-state index contributed by atoms with van der Waals surface area (Å²) in [7, 11) is 0. The second-order valence-corrected chi connectivity index (χ2v) is 11.6. The van der Waals surface area contributed by atoms with Crippen LogP contribution in [0.2, 0.25) is 0 Å². The number of nitrogens with one attached hydrogen (secondary N) is 2. The van der Waals surface area contributed by atoms with E-state index in [9.17, 15) is 14.4 Å². The third-order valence-electron chi connectivity index (χ3n) is 7.19. The van der Waals surface area contributed by atoms with Gasteiger partial charge in [0.25, 0.3) is 5.24 Å². The van der Waals surface area contributed by atoms with Crippen molar-refractivity contribution in [3.63, 3.8) is 0 Å². The lowest BCUT2D eigenvalue weighted by Gasteiger charge is -2.37. The number of imide groups is 1. The molecular formula is C28H31N3O4S. The number of thioether (sulfide) groups is 1. The number of amides is 2. The third-order valence-corrected chi connectivity index (χ3v) is 8.21. The van der Waals surface area contributed by atoms with Crippen LogP contribution >= 0.6 is 11.8 Å². The van der Waals surface area contributed by atoms with Crippen LogP contribution in [0.25, 0.3) is 11.0 Å². The first-order valence-electron chi connectivity index (χ1n) is 12.3. The predicted octanol–water partition coefficient (Wildman–Crippen LogP) is 5.93. The number of benzene rings is 2. The van der Waals surface area contributed by atoms with Crippen LogP contribution in [0, 0.1) is 12.3 Å². The molecular weight excluding hydrogens is 474 g/mol. The summed E-state index contributed by atoms with van der Waals surface area (Å²) in [6.07, 6.45) is 2.08. The van der Waals surface area contributed by atoms with Gasteiger partial charge in [-0.2, -0.15) is 0 Å². The van der Waals surface area contributed by atoms with Crippen molar-refractivity contribution in [1.82, 2.24) is 5.32 Å². The van der Waals surface area contributed by atoms with Crippen LogP contribution in [0.1, 0.15) is 61.6 Å². The van der Waals surface area contributed by atoms with Gasteiger partial charge in [-0.25, -0.2) is 0 Å². The topological polar surface area (TPSA) is 91.7 Å². The van der Waals surface area contributed by atoms with E-state index in [-0.39, 0.29) is 22.6 Å². The lowest BCUT2D eigenvalue weighted by molar-refractivity contribution is -0.119. The van der Waals surface area contributed by atoms with E-state index in [2.05, 4.69) is 29.4 Å². The first-order chi connectivity index (χ1) is 17.1. The molecule has 2 fully saturated rings. The Morgan fingerprint density at radius 3 is 2.53 bits per heavy atom. The van der Waals surface area contributed by atoms with E-state index < -0.39 is 5.25 Å². The van der Waals surface area contributed by atoms with Gasteiger partial charge in [-0.15, -0.1) is 0 Å². The Morgan fingerprint density at radius 1 is 1.11 bits per heavy atom. The van der Waals surface area contributed by atoms with Crippen LogP contribution in [0.4, 0.5) is 16.4 Å². The molecule has 2 atom stereocenters. The number of aryl methyl sites for hydroxylation is 1. The first-order valence-corrected chi connectivity index (χ1v) is 13.2. The molecule has 7 nitrogen and oxygen atoms in total. The summed E-state index contributed by atoms with van der Waals surface area (Å²) >= 11 is 0.983. The highest BCUT2D eigenvalue weighted by Gasteiger charge is 2.34. The number of carbonyl (C=O) groups excluding carboxylic acids is 2. The van der Waals surface area contributed by atoms with Gasteiger partial charge in [0.15, 0.2) is 11.3 Å². The molecule has 2 N–H and O–H groups in total. The Kier molecular flexibility index (Phi) is 6.32. The number of para-hydroxylation sites is 1. The fourth-order valence-electron chi connectivity index (χ4n) is 4.96. The molecule has 0 bridgehead atoms. The minimum absolute atomic E-state index is 0.0498. The van der Waals surface area contributed by atoms with E-state index in [1.54, 1.807) is 6.07 Å². The maximum Gasteiger partial charge on any atom is 0.286 e. The Balaban J connectivity index is 1.51. The summed E-state index contributed by atoms with van der Waals surface area (Å²) in [4.78, 5) is 39.4. The molecule has 1 unspecified atom stereocenters. The maximum atomic E-state index is 13.2. The molecule has 0 spiro atoms. The second-order valence-electron chi connectivity index (χ2n) is 10.6. The number of nitrogens with zero attached hydrogens (tertiary/aromatic N) is 1. The van der Waals surface area contributed by atoms with Gasteiger partial charge in [-0.3, -0.25) is 19.7 Å². The summed E-state index contributed by atoms with van der Waals surface area (Å²) in [5.41, 5.74) is 4.17. The largest absolute Gasteiger partial charge is 0.440 e.